The summed E-state index contributed by atoms with van der Waals surface area (Å²) < 4.78 is 0. The number of primary amides is 1. The van der Waals surface area contributed by atoms with Crippen molar-refractivity contribution in [3.05, 3.63) is 0 Å². The zero-order valence-corrected chi connectivity index (χ0v) is 18.0. The van der Waals surface area contributed by atoms with E-state index >= 15 is 0 Å². The number of rotatable bonds is 11. The summed E-state index contributed by atoms with van der Waals surface area (Å²) in [5.41, 5.74) is 10.7. The molecule has 0 aliphatic carbocycles. The highest BCUT2D eigenvalue weighted by Gasteiger charge is 2.39. The van der Waals surface area contributed by atoms with E-state index in [2.05, 4.69) is 10.6 Å². The summed E-state index contributed by atoms with van der Waals surface area (Å²) in [6.07, 6.45) is -0.564. The fraction of sp³-hybridized carbons (Fsp3) is 0.737. The molecule has 0 spiro atoms. The number of aliphatic hydroxyl groups is 1. The topological polar surface area (TPSA) is 205 Å². The Hall–Kier alpha value is -2.73. The van der Waals surface area contributed by atoms with Crippen LogP contribution in [0, 0.1) is 5.92 Å². The lowest BCUT2D eigenvalue weighted by molar-refractivity contribution is -0.144. The largest absolute Gasteiger partial charge is 0.480 e. The number of hydrogen-bond acceptors (Lipinski definition) is 7. The Morgan fingerprint density at radius 1 is 1.13 bits per heavy atom. The van der Waals surface area contributed by atoms with Crippen molar-refractivity contribution in [2.75, 3.05) is 6.54 Å². The molecule has 1 heterocycles. The normalized spacial score (nSPS) is 19.9. The van der Waals surface area contributed by atoms with Crippen LogP contribution in [0.15, 0.2) is 0 Å². The van der Waals surface area contributed by atoms with Crippen molar-refractivity contribution in [2.45, 2.75) is 76.7 Å². The van der Waals surface area contributed by atoms with Gasteiger partial charge in [-0.3, -0.25) is 19.2 Å². The van der Waals surface area contributed by atoms with Gasteiger partial charge >= 0.3 is 5.97 Å². The smallest absolute Gasteiger partial charge is 0.326 e. The Morgan fingerprint density at radius 3 is 2.23 bits per heavy atom. The summed E-state index contributed by atoms with van der Waals surface area (Å²) in [5, 5.41) is 23.8. The molecule has 176 valence electrons. The van der Waals surface area contributed by atoms with Crippen molar-refractivity contribution >= 4 is 29.6 Å². The van der Waals surface area contributed by atoms with Crippen LogP contribution in [0.4, 0.5) is 0 Å². The second-order valence-corrected chi connectivity index (χ2v) is 8.09. The van der Waals surface area contributed by atoms with Gasteiger partial charge in [-0.1, -0.05) is 13.8 Å². The first-order valence-corrected chi connectivity index (χ1v) is 10.2. The highest BCUT2D eigenvalue weighted by atomic mass is 16.4. The van der Waals surface area contributed by atoms with E-state index in [0.717, 1.165) is 0 Å². The molecule has 0 saturated carbocycles. The van der Waals surface area contributed by atoms with E-state index in [9.17, 15) is 34.2 Å². The van der Waals surface area contributed by atoms with Gasteiger partial charge in [0.25, 0.3) is 0 Å². The molecule has 0 radical (unpaired) electrons. The molecule has 12 nitrogen and oxygen atoms in total. The van der Waals surface area contributed by atoms with Crippen LogP contribution in [0.5, 0.6) is 0 Å². The molecular weight excluding hydrogens is 410 g/mol. The maximum Gasteiger partial charge on any atom is 0.326 e. The molecular formula is C19H33N5O7. The second kappa shape index (κ2) is 11.6. The van der Waals surface area contributed by atoms with Gasteiger partial charge in [0.05, 0.1) is 6.10 Å². The van der Waals surface area contributed by atoms with Crippen LogP contribution in [-0.4, -0.2) is 81.5 Å². The third-order valence-corrected chi connectivity index (χ3v) is 5.18. The number of carbonyl (C=O) groups is 5. The van der Waals surface area contributed by atoms with Gasteiger partial charge in [0.2, 0.25) is 23.6 Å². The Labute approximate surface area is 180 Å². The van der Waals surface area contributed by atoms with Gasteiger partial charge in [-0.2, -0.15) is 0 Å². The minimum Gasteiger partial charge on any atom is -0.480 e. The molecule has 0 aromatic heterocycles. The molecule has 1 rings (SSSR count). The fourth-order valence-electron chi connectivity index (χ4n) is 3.29. The van der Waals surface area contributed by atoms with Crippen LogP contribution in [0.2, 0.25) is 0 Å². The minimum absolute atomic E-state index is 0.183. The van der Waals surface area contributed by atoms with E-state index in [4.69, 9.17) is 11.5 Å². The first-order valence-electron chi connectivity index (χ1n) is 10.2. The molecule has 31 heavy (non-hydrogen) atoms. The lowest BCUT2D eigenvalue weighted by atomic mass is 10.0. The summed E-state index contributed by atoms with van der Waals surface area (Å²) in [4.78, 5) is 61.6. The number of nitrogens with zero attached hydrogens (tertiary/aromatic N) is 1. The highest BCUT2D eigenvalue weighted by Crippen LogP contribution is 2.19. The van der Waals surface area contributed by atoms with E-state index in [1.54, 1.807) is 13.8 Å². The summed E-state index contributed by atoms with van der Waals surface area (Å²) in [6, 6.07) is -4.42. The van der Waals surface area contributed by atoms with E-state index in [1.807, 2.05) is 0 Å². The molecule has 5 atom stereocenters. The lowest BCUT2D eigenvalue weighted by Crippen LogP contribution is -2.58. The molecule has 1 saturated heterocycles. The predicted molar refractivity (Wildman–Crippen MR) is 109 cm³/mol. The predicted octanol–water partition coefficient (Wildman–Crippen LogP) is -2.34. The average molecular weight is 444 g/mol. The Bertz CT molecular complexity index is 697. The number of carbonyl (C=O) groups excluding carboxylic acids is 4. The van der Waals surface area contributed by atoms with Crippen molar-refractivity contribution in [3.8, 4) is 0 Å². The number of carboxylic acid groups (broad SMARTS) is 1. The third-order valence-electron chi connectivity index (χ3n) is 5.18. The van der Waals surface area contributed by atoms with Crippen molar-refractivity contribution in [1.29, 1.82) is 0 Å². The number of aliphatic carboxylic acids is 1. The zero-order chi connectivity index (χ0) is 23.9. The molecule has 4 amide bonds. The van der Waals surface area contributed by atoms with E-state index in [0.29, 0.717) is 19.4 Å². The van der Waals surface area contributed by atoms with E-state index in [-0.39, 0.29) is 18.8 Å². The molecule has 1 aliphatic rings. The van der Waals surface area contributed by atoms with Crippen molar-refractivity contribution in [1.82, 2.24) is 15.5 Å². The Kier molecular flexibility index (Phi) is 9.85. The third kappa shape index (κ3) is 7.47. The molecule has 1 aliphatic heterocycles. The van der Waals surface area contributed by atoms with Crippen LogP contribution in [0.25, 0.3) is 0 Å². The zero-order valence-electron chi connectivity index (χ0n) is 18.0. The van der Waals surface area contributed by atoms with Crippen LogP contribution < -0.4 is 22.1 Å². The van der Waals surface area contributed by atoms with Gasteiger partial charge in [-0.25, -0.2) is 4.79 Å². The highest BCUT2D eigenvalue weighted by molar-refractivity contribution is 5.94. The first kappa shape index (κ1) is 26.3. The SMILES string of the molecule is CC(C)C(NC(=O)C1CCCN1C(=O)C(N)C(C)O)C(=O)NC(CCC(N)=O)C(=O)O. The van der Waals surface area contributed by atoms with Gasteiger partial charge in [0.15, 0.2) is 0 Å². The molecule has 12 heteroatoms. The average Bonchev–Trinajstić information content (AvgIpc) is 3.16. The number of amides is 4. The monoisotopic (exact) mass is 443 g/mol. The summed E-state index contributed by atoms with van der Waals surface area (Å²) in [6.45, 7) is 5.02. The van der Waals surface area contributed by atoms with Crippen LogP contribution >= 0.6 is 0 Å². The fourth-order valence-corrected chi connectivity index (χ4v) is 3.29. The van der Waals surface area contributed by atoms with Crippen LogP contribution in [-0.2, 0) is 24.0 Å². The van der Waals surface area contributed by atoms with Crippen molar-refractivity contribution in [3.63, 3.8) is 0 Å². The maximum absolute atomic E-state index is 12.8. The molecule has 0 aromatic carbocycles. The van der Waals surface area contributed by atoms with Gasteiger partial charge in [0, 0.05) is 13.0 Å². The molecule has 5 unspecified atom stereocenters. The van der Waals surface area contributed by atoms with Gasteiger partial charge in [-0.05, 0) is 32.1 Å². The first-order chi connectivity index (χ1) is 14.4. The summed E-state index contributed by atoms with van der Waals surface area (Å²) in [7, 11) is 0. The quantitative estimate of drug-likeness (QED) is 0.203. The summed E-state index contributed by atoms with van der Waals surface area (Å²) >= 11 is 0. The van der Waals surface area contributed by atoms with Gasteiger partial charge < -0.3 is 37.2 Å². The molecule has 8 N–H and O–H groups in total. The van der Waals surface area contributed by atoms with E-state index < -0.39 is 59.9 Å². The summed E-state index contributed by atoms with van der Waals surface area (Å²) in [5.74, 6) is -4.27. The lowest BCUT2D eigenvalue weighted by Gasteiger charge is -2.30. The number of aliphatic hydroxyl groups excluding tert-OH is 1. The number of nitrogens with one attached hydrogen (secondary N) is 2. The van der Waals surface area contributed by atoms with E-state index in [1.165, 1.54) is 11.8 Å². The molecule has 0 aromatic rings. The Balaban J connectivity index is 2.88. The minimum atomic E-state index is -1.34. The number of carboxylic acids is 1. The maximum atomic E-state index is 12.8. The number of nitrogens with two attached hydrogens (primary N) is 2. The Morgan fingerprint density at radius 2 is 1.74 bits per heavy atom. The van der Waals surface area contributed by atoms with Gasteiger partial charge in [0.1, 0.15) is 24.2 Å². The van der Waals surface area contributed by atoms with Crippen molar-refractivity contribution in [2.24, 2.45) is 17.4 Å². The number of likely N-dealkylation sites (tertiary alicyclic amines) is 1. The van der Waals surface area contributed by atoms with Crippen molar-refractivity contribution < 1.29 is 34.2 Å². The molecule has 1 fully saturated rings. The van der Waals surface area contributed by atoms with Crippen LogP contribution in [0.1, 0.15) is 46.5 Å². The number of hydrogen-bond donors (Lipinski definition) is 6. The second-order valence-electron chi connectivity index (χ2n) is 8.09. The van der Waals surface area contributed by atoms with Crippen LogP contribution in [0.3, 0.4) is 0 Å². The standard InChI is InChI=1S/C19H33N5O7/c1-9(2)15(17(28)22-11(19(30)31)6-7-13(20)26)23-16(27)12-5-4-8-24(12)18(29)14(21)10(3)25/h9-12,14-15,25H,4-8,21H2,1-3H3,(H2,20,26)(H,22,28)(H,23,27)(H,30,31). The molecule has 0 bridgehead atoms. The van der Waals surface area contributed by atoms with Gasteiger partial charge in [-0.15, -0.1) is 0 Å².